The van der Waals surface area contributed by atoms with Gasteiger partial charge in [-0.05, 0) is 62.0 Å². The molecular weight excluding hydrogens is 645 g/mol. The van der Waals surface area contributed by atoms with Crippen molar-refractivity contribution in [3.05, 3.63) is 182 Å². The third-order valence-corrected chi connectivity index (χ3v) is 10.6. The third kappa shape index (κ3) is 4.59. The van der Waals surface area contributed by atoms with Crippen LogP contribution in [-0.2, 0) is 0 Å². The second kappa shape index (κ2) is 11.7. The summed E-state index contributed by atoms with van der Waals surface area (Å²) in [5, 5.41) is 11.8. The van der Waals surface area contributed by atoms with Crippen LogP contribution in [0.15, 0.2) is 182 Å². The van der Waals surface area contributed by atoms with E-state index in [2.05, 4.69) is 168 Å². The molecule has 2 aromatic heterocycles. The highest BCUT2D eigenvalue weighted by Crippen LogP contribution is 2.40. The molecule has 11 rings (SSSR count). The van der Waals surface area contributed by atoms with Gasteiger partial charge in [-0.25, -0.2) is 15.0 Å². The number of fused-ring (bicyclic) bond motifs is 9. The van der Waals surface area contributed by atoms with Gasteiger partial charge in [0.2, 0.25) is 0 Å². The van der Waals surface area contributed by atoms with Crippen LogP contribution in [0.1, 0.15) is 0 Å². The zero-order valence-corrected chi connectivity index (χ0v) is 28.6. The lowest BCUT2D eigenvalue weighted by atomic mass is 9.93. The molecule has 4 nitrogen and oxygen atoms in total. The zero-order valence-electron chi connectivity index (χ0n) is 28.6. The summed E-state index contributed by atoms with van der Waals surface area (Å²) >= 11 is 0. The first-order valence-corrected chi connectivity index (χ1v) is 18.0. The molecule has 53 heavy (non-hydrogen) atoms. The Morgan fingerprint density at radius 2 is 0.830 bits per heavy atom. The van der Waals surface area contributed by atoms with E-state index in [9.17, 15) is 0 Å². The lowest BCUT2D eigenvalue weighted by Crippen LogP contribution is -2.02. The summed E-state index contributed by atoms with van der Waals surface area (Å²) in [6, 6.07) is 64.4. The average molecular weight is 675 g/mol. The molecule has 0 radical (unpaired) electrons. The van der Waals surface area contributed by atoms with E-state index in [0.717, 1.165) is 38.5 Å². The SMILES string of the molecule is c1ccc(-c2nc(-c3cccc4c(-n5c6ccccc6c6ccccc65)cccc34)nc(-c3cc4c5ccccc5ccc4c4ccccc34)n2)cc1. The summed E-state index contributed by atoms with van der Waals surface area (Å²) in [6.07, 6.45) is 0. The zero-order chi connectivity index (χ0) is 34.9. The van der Waals surface area contributed by atoms with Gasteiger partial charge in [-0.2, -0.15) is 0 Å². The molecule has 0 amide bonds. The van der Waals surface area contributed by atoms with E-state index in [1.807, 2.05) is 18.2 Å². The van der Waals surface area contributed by atoms with Crippen molar-refractivity contribution in [2.24, 2.45) is 0 Å². The van der Waals surface area contributed by atoms with Crippen molar-refractivity contribution in [1.29, 1.82) is 0 Å². The summed E-state index contributed by atoms with van der Waals surface area (Å²) in [5.74, 6) is 1.93. The fourth-order valence-electron chi connectivity index (χ4n) is 8.24. The van der Waals surface area contributed by atoms with Crippen molar-refractivity contribution in [2.45, 2.75) is 0 Å². The van der Waals surface area contributed by atoms with Gasteiger partial charge >= 0.3 is 0 Å². The van der Waals surface area contributed by atoms with E-state index >= 15 is 0 Å². The summed E-state index contributed by atoms with van der Waals surface area (Å²) in [5.41, 5.74) is 6.36. The topological polar surface area (TPSA) is 43.6 Å². The van der Waals surface area contributed by atoms with Crippen LogP contribution >= 0.6 is 0 Å². The molecule has 0 N–H and O–H groups in total. The Kier molecular flexibility index (Phi) is 6.52. The molecule has 246 valence electrons. The van der Waals surface area contributed by atoms with Crippen molar-refractivity contribution in [1.82, 2.24) is 19.5 Å². The summed E-state index contributed by atoms with van der Waals surface area (Å²) < 4.78 is 2.39. The van der Waals surface area contributed by atoms with Crippen molar-refractivity contribution in [2.75, 3.05) is 0 Å². The molecule has 0 saturated heterocycles. The average Bonchev–Trinajstić information content (AvgIpc) is 3.57. The quantitative estimate of drug-likeness (QED) is 0.175. The fraction of sp³-hybridized carbons (Fsp3) is 0. The molecule has 11 aromatic rings. The third-order valence-electron chi connectivity index (χ3n) is 10.6. The molecule has 0 atom stereocenters. The molecule has 0 spiro atoms. The molecule has 0 aliphatic heterocycles. The van der Waals surface area contributed by atoms with Crippen LogP contribution in [0.2, 0.25) is 0 Å². The second-order valence-corrected chi connectivity index (χ2v) is 13.6. The van der Waals surface area contributed by atoms with Crippen molar-refractivity contribution in [3.63, 3.8) is 0 Å². The van der Waals surface area contributed by atoms with Gasteiger partial charge in [0.05, 0.1) is 16.7 Å². The van der Waals surface area contributed by atoms with Gasteiger partial charge in [-0.1, -0.05) is 158 Å². The van der Waals surface area contributed by atoms with E-state index in [0.29, 0.717) is 17.5 Å². The largest absolute Gasteiger partial charge is 0.309 e. The number of hydrogen-bond donors (Lipinski definition) is 0. The molecule has 0 saturated carbocycles. The molecule has 0 aliphatic rings. The smallest absolute Gasteiger partial charge is 0.164 e. The first-order valence-electron chi connectivity index (χ1n) is 18.0. The highest BCUT2D eigenvalue weighted by Gasteiger charge is 2.19. The molecule has 0 aliphatic carbocycles. The van der Waals surface area contributed by atoms with Gasteiger partial charge in [-0.3, -0.25) is 0 Å². The van der Waals surface area contributed by atoms with Crippen molar-refractivity contribution < 1.29 is 0 Å². The minimum absolute atomic E-state index is 0.640. The Balaban J connectivity index is 1.19. The van der Waals surface area contributed by atoms with Crippen LogP contribution in [0.4, 0.5) is 0 Å². The molecule has 0 fully saturated rings. The highest BCUT2D eigenvalue weighted by atomic mass is 15.0. The molecular formula is C49H30N4. The Bertz CT molecular complexity index is 3180. The number of nitrogens with zero attached hydrogens (tertiary/aromatic N) is 4. The molecule has 0 unspecified atom stereocenters. The van der Waals surface area contributed by atoms with E-state index in [-0.39, 0.29) is 0 Å². The van der Waals surface area contributed by atoms with E-state index in [1.165, 1.54) is 48.7 Å². The highest BCUT2D eigenvalue weighted by molar-refractivity contribution is 6.20. The monoisotopic (exact) mass is 674 g/mol. The summed E-state index contributed by atoms with van der Waals surface area (Å²) in [7, 11) is 0. The number of aromatic nitrogens is 4. The standard InChI is InChI=1S/C49H30N4/c1-2-15-32(16-3-1)47-50-48(52-49(51-47)43-30-42-33-17-5-4-14-31(33)28-29-37(42)34-18-6-7-19-35(34)43)41-24-12-23-38-36(41)22-13-27-46(38)53-44-25-10-8-20-39(44)40-21-9-11-26-45(40)53/h1-30H. The van der Waals surface area contributed by atoms with Crippen LogP contribution in [0.5, 0.6) is 0 Å². The fourth-order valence-corrected chi connectivity index (χ4v) is 8.24. The van der Waals surface area contributed by atoms with Crippen LogP contribution in [-0.4, -0.2) is 19.5 Å². The predicted octanol–water partition coefficient (Wildman–Crippen LogP) is 12.6. The minimum Gasteiger partial charge on any atom is -0.309 e. The van der Waals surface area contributed by atoms with Gasteiger partial charge in [0.25, 0.3) is 0 Å². The Morgan fingerprint density at radius 1 is 0.302 bits per heavy atom. The van der Waals surface area contributed by atoms with Crippen molar-refractivity contribution in [3.8, 4) is 39.9 Å². The number of benzene rings is 9. The summed E-state index contributed by atoms with van der Waals surface area (Å²) in [6.45, 7) is 0. The van der Waals surface area contributed by atoms with E-state index < -0.39 is 0 Å². The van der Waals surface area contributed by atoms with Gasteiger partial charge in [-0.15, -0.1) is 0 Å². The lowest BCUT2D eigenvalue weighted by Gasteiger charge is -2.15. The van der Waals surface area contributed by atoms with E-state index in [4.69, 9.17) is 15.0 Å². The maximum atomic E-state index is 5.35. The van der Waals surface area contributed by atoms with Gasteiger partial charge < -0.3 is 4.57 Å². The maximum absolute atomic E-state index is 5.35. The van der Waals surface area contributed by atoms with Crippen LogP contribution < -0.4 is 0 Å². The Labute approximate surface area is 305 Å². The molecule has 0 bridgehead atoms. The van der Waals surface area contributed by atoms with Crippen molar-refractivity contribution >= 4 is 64.9 Å². The van der Waals surface area contributed by atoms with Crippen LogP contribution in [0.25, 0.3) is 105 Å². The molecule has 9 aromatic carbocycles. The molecule has 4 heteroatoms. The summed E-state index contributed by atoms with van der Waals surface area (Å²) in [4.78, 5) is 15.8. The van der Waals surface area contributed by atoms with Gasteiger partial charge in [0, 0.05) is 32.8 Å². The maximum Gasteiger partial charge on any atom is 0.164 e. The van der Waals surface area contributed by atoms with E-state index in [1.54, 1.807) is 0 Å². The Morgan fingerprint density at radius 3 is 1.60 bits per heavy atom. The van der Waals surface area contributed by atoms with Gasteiger partial charge in [0.1, 0.15) is 0 Å². The first-order chi connectivity index (χ1) is 26.3. The number of hydrogen-bond acceptors (Lipinski definition) is 3. The van der Waals surface area contributed by atoms with Crippen LogP contribution in [0.3, 0.4) is 0 Å². The number of rotatable bonds is 4. The minimum atomic E-state index is 0.640. The lowest BCUT2D eigenvalue weighted by molar-refractivity contribution is 1.08. The predicted molar refractivity (Wildman–Crippen MR) is 220 cm³/mol. The number of para-hydroxylation sites is 2. The Hall–Kier alpha value is -7.17. The normalized spacial score (nSPS) is 11.8. The molecule has 2 heterocycles. The van der Waals surface area contributed by atoms with Crippen LogP contribution in [0, 0.1) is 0 Å². The van der Waals surface area contributed by atoms with Gasteiger partial charge in [0.15, 0.2) is 17.5 Å². The first kappa shape index (κ1) is 29.5. The second-order valence-electron chi connectivity index (χ2n) is 13.6.